The lowest BCUT2D eigenvalue weighted by molar-refractivity contribution is -0.187. The lowest BCUT2D eigenvalue weighted by atomic mass is 9.73. The molecule has 2 rings (SSSR count). The molecule has 182 valence electrons. The molecule has 2 aromatic carbocycles. The van der Waals surface area contributed by atoms with Gasteiger partial charge in [0.15, 0.2) is 23.0 Å². The maximum atomic E-state index is 13.1. The largest absolute Gasteiger partial charge is 0.493 e. The van der Waals surface area contributed by atoms with E-state index in [9.17, 15) is 39.6 Å². The summed E-state index contributed by atoms with van der Waals surface area (Å²) in [5.74, 6) is -8.41. The number of aliphatic hydroxyl groups is 2. The van der Waals surface area contributed by atoms with Gasteiger partial charge in [-0.3, -0.25) is 9.59 Å². The quantitative estimate of drug-likeness (QED) is 0.258. The van der Waals surface area contributed by atoms with Crippen molar-refractivity contribution in [2.24, 2.45) is 0 Å². The van der Waals surface area contributed by atoms with Crippen molar-refractivity contribution >= 4 is 23.5 Å². The highest BCUT2D eigenvalue weighted by atomic mass is 16.5. The molecular formula is C22H22O12. The number of hydrogen-bond donors (Lipinski definition) is 4. The molecule has 4 N–H and O–H groups in total. The van der Waals surface area contributed by atoms with Gasteiger partial charge in [0, 0.05) is 11.1 Å². The summed E-state index contributed by atoms with van der Waals surface area (Å²) in [4.78, 5) is 50.4. The molecule has 0 spiro atoms. The first kappa shape index (κ1) is 26.1. The van der Waals surface area contributed by atoms with Crippen LogP contribution in [0.4, 0.5) is 0 Å². The van der Waals surface area contributed by atoms with Crippen molar-refractivity contribution in [2.75, 3.05) is 28.4 Å². The number of carboxylic acid groups (broad SMARTS) is 2. The van der Waals surface area contributed by atoms with Crippen LogP contribution in [-0.4, -0.2) is 83.6 Å². The Hall–Kier alpha value is -4.16. The Morgan fingerprint density at radius 2 is 0.882 bits per heavy atom. The summed E-state index contributed by atoms with van der Waals surface area (Å²) in [5, 5.41) is 41.3. The predicted octanol–water partition coefficient (Wildman–Crippen LogP) is 0.418. The number of carboxylic acids is 2. The highest BCUT2D eigenvalue weighted by Gasteiger charge is 2.70. The second kappa shape index (κ2) is 9.77. The zero-order valence-corrected chi connectivity index (χ0v) is 18.5. The molecule has 34 heavy (non-hydrogen) atoms. The third-order valence-corrected chi connectivity index (χ3v) is 5.09. The summed E-state index contributed by atoms with van der Waals surface area (Å²) < 4.78 is 20.1. The number of benzene rings is 2. The van der Waals surface area contributed by atoms with Crippen LogP contribution in [0.15, 0.2) is 36.4 Å². The summed E-state index contributed by atoms with van der Waals surface area (Å²) >= 11 is 0. The van der Waals surface area contributed by atoms with Gasteiger partial charge in [0.05, 0.1) is 28.4 Å². The molecule has 0 aliphatic rings. The molecule has 2 aromatic rings. The number of carbonyl (C=O) groups is 4. The zero-order valence-electron chi connectivity index (χ0n) is 18.5. The summed E-state index contributed by atoms with van der Waals surface area (Å²) in [6.45, 7) is 0. The summed E-state index contributed by atoms with van der Waals surface area (Å²) in [7, 11) is 5.00. The summed E-state index contributed by atoms with van der Waals surface area (Å²) in [6.07, 6.45) is 0. The standard InChI is InChI=1S/C22H22O12/c1-31-13-7-5-11(9-15(13)33-3)17(23)21(29,19(25)26)22(30,20(27)28)18(24)12-6-8-14(32-2)16(10-12)34-4/h5-10,29-30H,1-4H3,(H,25,26)(H,27,28). The minimum atomic E-state index is -4.15. The van der Waals surface area contributed by atoms with Gasteiger partial charge in [-0.05, 0) is 36.4 Å². The molecule has 0 aromatic heterocycles. The minimum absolute atomic E-state index is 0.0637. The molecule has 0 heterocycles. The van der Waals surface area contributed by atoms with Crippen LogP contribution in [0.1, 0.15) is 20.7 Å². The van der Waals surface area contributed by atoms with Crippen molar-refractivity contribution in [1.82, 2.24) is 0 Å². The van der Waals surface area contributed by atoms with E-state index in [1.165, 1.54) is 40.6 Å². The average molecular weight is 478 g/mol. The van der Waals surface area contributed by atoms with E-state index in [0.717, 1.165) is 24.3 Å². The van der Waals surface area contributed by atoms with Gasteiger partial charge in [-0.25, -0.2) is 9.59 Å². The fourth-order valence-electron chi connectivity index (χ4n) is 3.21. The molecule has 0 fully saturated rings. The van der Waals surface area contributed by atoms with Gasteiger partial charge in [-0.2, -0.15) is 0 Å². The van der Waals surface area contributed by atoms with Crippen molar-refractivity contribution in [2.45, 2.75) is 11.2 Å². The van der Waals surface area contributed by atoms with Crippen molar-refractivity contribution < 1.29 is 58.6 Å². The third kappa shape index (κ3) is 4.00. The van der Waals surface area contributed by atoms with E-state index in [4.69, 9.17) is 18.9 Å². The molecule has 12 nitrogen and oxygen atoms in total. The van der Waals surface area contributed by atoms with Crippen LogP contribution in [-0.2, 0) is 9.59 Å². The smallest absolute Gasteiger partial charge is 0.348 e. The highest BCUT2D eigenvalue weighted by Crippen LogP contribution is 2.36. The molecule has 2 unspecified atom stereocenters. The fourth-order valence-corrected chi connectivity index (χ4v) is 3.21. The summed E-state index contributed by atoms with van der Waals surface area (Å²) in [6, 6.07) is 6.28. The Balaban J connectivity index is 2.74. The van der Waals surface area contributed by atoms with Crippen molar-refractivity contribution in [1.29, 1.82) is 0 Å². The SMILES string of the molecule is COc1ccc(C(=O)C(O)(C(=O)O)C(O)(C(=O)O)C(=O)c2ccc(OC)c(OC)c2)cc1OC. The number of carbonyl (C=O) groups excluding carboxylic acids is 2. The van der Waals surface area contributed by atoms with Crippen molar-refractivity contribution in [3.63, 3.8) is 0 Å². The zero-order chi connectivity index (χ0) is 25.8. The second-order valence-corrected chi connectivity index (χ2v) is 6.83. The first-order valence-corrected chi connectivity index (χ1v) is 9.39. The number of ketones is 2. The Morgan fingerprint density at radius 1 is 0.588 bits per heavy atom. The lowest BCUT2D eigenvalue weighted by Crippen LogP contribution is -2.71. The number of rotatable bonds is 11. The molecule has 0 bridgehead atoms. The van der Waals surface area contributed by atoms with Gasteiger partial charge >= 0.3 is 11.9 Å². The van der Waals surface area contributed by atoms with E-state index in [1.54, 1.807) is 0 Å². The Morgan fingerprint density at radius 3 is 1.12 bits per heavy atom. The molecule has 0 radical (unpaired) electrons. The van der Waals surface area contributed by atoms with Gasteiger partial charge in [0.2, 0.25) is 11.6 Å². The number of Topliss-reactive ketones (excluding diaryl/α,β-unsaturated/α-hetero) is 2. The molecular weight excluding hydrogens is 456 g/mol. The number of ether oxygens (including phenoxy) is 4. The molecule has 0 saturated carbocycles. The first-order chi connectivity index (χ1) is 15.9. The Kier molecular flexibility index (Phi) is 7.50. The molecule has 0 amide bonds. The van der Waals surface area contributed by atoms with Crippen LogP contribution in [0.3, 0.4) is 0 Å². The van der Waals surface area contributed by atoms with E-state index in [0.29, 0.717) is 0 Å². The Bertz CT molecular complexity index is 1050. The van der Waals surface area contributed by atoms with E-state index in [-0.39, 0.29) is 23.0 Å². The monoisotopic (exact) mass is 478 g/mol. The number of hydrogen-bond acceptors (Lipinski definition) is 10. The van der Waals surface area contributed by atoms with Crippen LogP contribution in [0.25, 0.3) is 0 Å². The van der Waals surface area contributed by atoms with Crippen molar-refractivity contribution in [3.05, 3.63) is 47.5 Å². The van der Waals surface area contributed by atoms with Crippen LogP contribution >= 0.6 is 0 Å². The maximum absolute atomic E-state index is 13.1. The van der Waals surface area contributed by atoms with Gasteiger partial charge in [-0.15, -0.1) is 0 Å². The first-order valence-electron chi connectivity index (χ1n) is 9.39. The Labute approximate surface area is 192 Å². The van der Waals surface area contributed by atoms with E-state index >= 15 is 0 Å². The van der Waals surface area contributed by atoms with Gasteiger partial charge in [0.1, 0.15) is 0 Å². The molecule has 0 aliphatic heterocycles. The second-order valence-electron chi connectivity index (χ2n) is 6.83. The van der Waals surface area contributed by atoms with Gasteiger partial charge in [0.25, 0.3) is 11.2 Å². The fraction of sp³-hybridized carbons (Fsp3) is 0.273. The third-order valence-electron chi connectivity index (χ3n) is 5.09. The molecule has 2 atom stereocenters. The van der Waals surface area contributed by atoms with Gasteiger partial charge < -0.3 is 39.4 Å². The highest BCUT2D eigenvalue weighted by molar-refractivity contribution is 6.28. The number of aliphatic carboxylic acids is 2. The molecule has 0 aliphatic carbocycles. The average Bonchev–Trinajstić information content (AvgIpc) is 2.85. The van der Waals surface area contributed by atoms with E-state index in [2.05, 4.69) is 0 Å². The van der Waals surface area contributed by atoms with E-state index < -0.39 is 45.8 Å². The predicted molar refractivity (Wildman–Crippen MR) is 113 cm³/mol. The van der Waals surface area contributed by atoms with E-state index in [1.807, 2.05) is 0 Å². The normalized spacial score (nSPS) is 14.2. The van der Waals surface area contributed by atoms with Gasteiger partial charge in [-0.1, -0.05) is 0 Å². The lowest BCUT2D eigenvalue weighted by Gasteiger charge is -2.34. The minimum Gasteiger partial charge on any atom is -0.493 e. The van der Waals surface area contributed by atoms with Crippen molar-refractivity contribution in [3.8, 4) is 23.0 Å². The molecule has 12 heteroatoms. The number of methoxy groups -OCH3 is 4. The van der Waals surface area contributed by atoms with Crippen LogP contribution in [0, 0.1) is 0 Å². The summed E-state index contributed by atoms with van der Waals surface area (Å²) in [5.41, 5.74) is -9.46. The van der Waals surface area contributed by atoms with Crippen LogP contribution < -0.4 is 18.9 Å². The molecule has 0 saturated heterocycles. The maximum Gasteiger partial charge on any atom is 0.348 e. The topological polar surface area (TPSA) is 186 Å². The van der Waals surface area contributed by atoms with Crippen LogP contribution in [0.2, 0.25) is 0 Å². The van der Waals surface area contributed by atoms with Crippen LogP contribution in [0.5, 0.6) is 23.0 Å².